The summed E-state index contributed by atoms with van der Waals surface area (Å²) in [6.45, 7) is 3.52. The van der Waals surface area contributed by atoms with Crippen LogP contribution in [0.3, 0.4) is 0 Å². The maximum absolute atomic E-state index is 12.4. The lowest BCUT2D eigenvalue weighted by atomic mass is 9.99. The zero-order chi connectivity index (χ0) is 18.5. The maximum atomic E-state index is 12.4. The van der Waals surface area contributed by atoms with Gasteiger partial charge >= 0.3 is 0 Å². The Morgan fingerprint density at radius 3 is 2.61 bits per heavy atom. The van der Waals surface area contributed by atoms with E-state index in [-0.39, 0.29) is 24.2 Å². The van der Waals surface area contributed by atoms with Gasteiger partial charge < -0.3 is 15.4 Å². The van der Waals surface area contributed by atoms with Gasteiger partial charge in [-0.25, -0.2) is 0 Å². The van der Waals surface area contributed by atoms with E-state index < -0.39 is 0 Å². The van der Waals surface area contributed by atoms with E-state index in [9.17, 15) is 4.79 Å². The number of ether oxygens (including phenoxy) is 1. The van der Waals surface area contributed by atoms with Crippen LogP contribution in [0.25, 0.3) is 0 Å². The summed E-state index contributed by atoms with van der Waals surface area (Å²) in [7, 11) is 0. The number of benzene rings is 2. The number of piperidine rings is 1. The van der Waals surface area contributed by atoms with Crippen molar-refractivity contribution in [2.75, 3.05) is 19.6 Å². The highest BCUT2D eigenvalue weighted by Gasteiger charge is 2.43. The molecule has 2 aliphatic rings. The molecule has 1 saturated heterocycles. The lowest BCUT2D eigenvalue weighted by Gasteiger charge is -2.22. The highest BCUT2D eigenvalue weighted by molar-refractivity contribution is 5.85. The highest BCUT2D eigenvalue weighted by Crippen LogP contribution is 2.47. The average molecular weight is 401 g/mol. The Kier molecular flexibility index (Phi) is 7.35. The van der Waals surface area contributed by atoms with Crippen molar-refractivity contribution < 1.29 is 9.53 Å². The third-order valence-corrected chi connectivity index (χ3v) is 5.65. The van der Waals surface area contributed by atoms with Gasteiger partial charge in [0.15, 0.2) is 0 Å². The van der Waals surface area contributed by atoms with Crippen LogP contribution in [0.5, 0.6) is 5.75 Å². The molecule has 4 nitrogen and oxygen atoms in total. The van der Waals surface area contributed by atoms with Gasteiger partial charge in [0.05, 0.1) is 0 Å². The maximum Gasteiger partial charge on any atom is 0.223 e. The van der Waals surface area contributed by atoms with Gasteiger partial charge in [-0.05, 0) is 67.4 Å². The molecule has 1 heterocycles. The molecule has 0 aromatic heterocycles. The number of carbonyl (C=O) groups excluding carboxylic acids is 1. The van der Waals surface area contributed by atoms with E-state index in [2.05, 4.69) is 34.9 Å². The SMILES string of the molecule is Cl.O=C(NCC1CCCNC1)C1CC1c1ccc(OCc2ccccc2)cc1. The van der Waals surface area contributed by atoms with E-state index in [0.717, 1.165) is 37.4 Å². The van der Waals surface area contributed by atoms with E-state index in [1.165, 1.54) is 18.4 Å². The molecular formula is C23H29ClN2O2. The number of halogens is 1. The summed E-state index contributed by atoms with van der Waals surface area (Å²) in [6, 6.07) is 18.4. The van der Waals surface area contributed by atoms with Crippen molar-refractivity contribution in [3.8, 4) is 5.75 Å². The molecular weight excluding hydrogens is 372 g/mol. The first-order valence-electron chi connectivity index (χ1n) is 10.0. The van der Waals surface area contributed by atoms with E-state index in [0.29, 0.717) is 18.4 Å². The molecule has 28 heavy (non-hydrogen) atoms. The molecule has 150 valence electrons. The van der Waals surface area contributed by atoms with Crippen LogP contribution in [0.2, 0.25) is 0 Å². The molecule has 3 atom stereocenters. The van der Waals surface area contributed by atoms with Crippen LogP contribution in [-0.2, 0) is 11.4 Å². The number of carbonyl (C=O) groups is 1. The molecule has 2 aromatic carbocycles. The van der Waals surface area contributed by atoms with E-state index in [1.807, 2.05) is 30.3 Å². The minimum atomic E-state index is 0. The van der Waals surface area contributed by atoms with Crippen molar-refractivity contribution in [2.24, 2.45) is 11.8 Å². The quantitative estimate of drug-likeness (QED) is 0.740. The molecule has 0 spiro atoms. The van der Waals surface area contributed by atoms with Crippen molar-refractivity contribution in [1.82, 2.24) is 10.6 Å². The average Bonchev–Trinajstić information content (AvgIpc) is 3.53. The van der Waals surface area contributed by atoms with Crippen LogP contribution in [-0.4, -0.2) is 25.5 Å². The second kappa shape index (κ2) is 9.94. The summed E-state index contributed by atoms with van der Waals surface area (Å²) < 4.78 is 5.84. The lowest BCUT2D eigenvalue weighted by molar-refractivity contribution is -0.122. The van der Waals surface area contributed by atoms with Crippen LogP contribution >= 0.6 is 12.4 Å². The molecule has 2 aromatic rings. The zero-order valence-electron chi connectivity index (χ0n) is 16.1. The smallest absolute Gasteiger partial charge is 0.223 e. The Hall–Kier alpha value is -2.04. The standard InChI is InChI=1S/C23H28N2O2.ClH/c26-23(25-15-18-7-4-12-24-14-18)22-13-21(22)19-8-10-20(11-9-19)27-16-17-5-2-1-3-6-17;/h1-3,5-6,8-11,18,21-22,24H,4,7,12-16H2,(H,25,26);1H. The number of amides is 1. The molecule has 2 N–H and O–H groups in total. The zero-order valence-corrected chi connectivity index (χ0v) is 16.9. The fraction of sp³-hybridized carbons (Fsp3) is 0.435. The molecule has 2 fully saturated rings. The summed E-state index contributed by atoms with van der Waals surface area (Å²) in [6.07, 6.45) is 3.38. The predicted octanol–water partition coefficient (Wildman–Crippen LogP) is 3.91. The molecule has 4 rings (SSSR count). The van der Waals surface area contributed by atoms with Gasteiger partial charge in [-0.2, -0.15) is 0 Å². The highest BCUT2D eigenvalue weighted by atomic mass is 35.5. The second-order valence-corrected chi connectivity index (χ2v) is 7.75. The summed E-state index contributed by atoms with van der Waals surface area (Å²) >= 11 is 0. The van der Waals surface area contributed by atoms with E-state index in [4.69, 9.17) is 4.74 Å². The van der Waals surface area contributed by atoms with Gasteiger partial charge in [-0.3, -0.25) is 4.79 Å². The summed E-state index contributed by atoms with van der Waals surface area (Å²) in [5.74, 6) is 2.17. The van der Waals surface area contributed by atoms with Crippen molar-refractivity contribution in [2.45, 2.75) is 31.8 Å². The van der Waals surface area contributed by atoms with Crippen molar-refractivity contribution in [3.05, 3.63) is 65.7 Å². The number of hydrogen-bond donors (Lipinski definition) is 2. The summed E-state index contributed by atoms with van der Waals surface area (Å²) in [5, 5.41) is 6.56. The third-order valence-electron chi connectivity index (χ3n) is 5.65. The monoisotopic (exact) mass is 400 g/mol. The summed E-state index contributed by atoms with van der Waals surface area (Å²) in [4.78, 5) is 12.4. The molecule has 1 amide bonds. The number of hydrogen-bond acceptors (Lipinski definition) is 3. The Morgan fingerprint density at radius 2 is 1.89 bits per heavy atom. The lowest BCUT2D eigenvalue weighted by Crippen LogP contribution is -2.38. The Morgan fingerprint density at radius 1 is 1.11 bits per heavy atom. The van der Waals surface area contributed by atoms with Crippen LogP contribution in [0.1, 0.15) is 36.3 Å². The fourth-order valence-corrected chi connectivity index (χ4v) is 3.88. The van der Waals surface area contributed by atoms with Crippen molar-refractivity contribution >= 4 is 18.3 Å². The van der Waals surface area contributed by atoms with Gasteiger partial charge in [0.25, 0.3) is 0 Å². The Balaban J connectivity index is 0.00000225. The molecule has 0 radical (unpaired) electrons. The predicted molar refractivity (Wildman–Crippen MR) is 114 cm³/mol. The van der Waals surface area contributed by atoms with Crippen LogP contribution < -0.4 is 15.4 Å². The summed E-state index contributed by atoms with van der Waals surface area (Å²) in [5.41, 5.74) is 2.40. The Bertz CT molecular complexity index is 745. The first-order chi connectivity index (χ1) is 13.3. The van der Waals surface area contributed by atoms with E-state index in [1.54, 1.807) is 0 Å². The van der Waals surface area contributed by atoms with Crippen LogP contribution in [0, 0.1) is 11.8 Å². The number of rotatable bonds is 7. The van der Waals surface area contributed by atoms with Gasteiger partial charge in [0.2, 0.25) is 5.91 Å². The molecule has 1 aliphatic heterocycles. The van der Waals surface area contributed by atoms with Crippen molar-refractivity contribution in [3.63, 3.8) is 0 Å². The Labute approximate surface area is 173 Å². The number of nitrogens with one attached hydrogen (secondary N) is 2. The largest absolute Gasteiger partial charge is 0.489 e. The second-order valence-electron chi connectivity index (χ2n) is 7.75. The first kappa shape index (κ1) is 20.7. The van der Waals surface area contributed by atoms with E-state index >= 15 is 0 Å². The molecule has 3 unspecified atom stereocenters. The first-order valence-corrected chi connectivity index (χ1v) is 10.0. The van der Waals surface area contributed by atoms with Gasteiger partial charge in [0, 0.05) is 12.5 Å². The van der Waals surface area contributed by atoms with Crippen molar-refractivity contribution in [1.29, 1.82) is 0 Å². The molecule has 1 saturated carbocycles. The van der Waals surface area contributed by atoms with Crippen LogP contribution in [0.4, 0.5) is 0 Å². The van der Waals surface area contributed by atoms with Gasteiger partial charge in [-0.1, -0.05) is 42.5 Å². The van der Waals surface area contributed by atoms with Crippen LogP contribution in [0.15, 0.2) is 54.6 Å². The van der Waals surface area contributed by atoms with Gasteiger partial charge in [0.1, 0.15) is 12.4 Å². The van der Waals surface area contributed by atoms with Gasteiger partial charge in [-0.15, -0.1) is 12.4 Å². The minimum Gasteiger partial charge on any atom is -0.489 e. The molecule has 1 aliphatic carbocycles. The normalized spacial score (nSPS) is 23.4. The fourth-order valence-electron chi connectivity index (χ4n) is 3.88. The molecule has 0 bridgehead atoms. The minimum absolute atomic E-state index is 0. The molecule has 5 heteroatoms. The third kappa shape index (κ3) is 5.49. The topological polar surface area (TPSA) is 50.4 Å².